The fourth-order valence-electron chi connectivity index (χ4n) is 0.951. The molecule has 0 fully saturated rings. The van der Waals surface area contributed by atoms with Gasteiger partial charge >= 0.3 is 0 Å². The van der Waals surface area contributed by atoms with E-state index in [1.165, 1.54) is 0 Å². The van der Waals surface area contributed by atoms with Crippen molar-refractivity contribution in [3.8, 4) is 0 Å². The number of thiazole rings is 1. The summed E-state index contributed by atoms with van der Waals surface area (Å²) in [5, 5.41) is 8.66. The maximum atomic E-state index is 11.4. The van der Waals surface area contributed by atoms with E-state index in [9.17, 15) is 4.79 Å². The van der Waals surface area contributed by atoms with Crippen LogP contribution in [0.15, 0.2) is 5.38 Å². The largest absolute Gasteiger partial charge is 0.349 e. The Hall–Kier alpha value is -0.940. The molecule has 1 heterocycles. The molecule has 78 valence electrons. The molecule has 0 saturated carbocycles. The first-order chi connectivity index (χ1) is 6.63. The maximum absolute atomic E-state index is 11.4. The lowest BCUT2D eigenvalue weighted by Gasteiger charge is -2.09. The second-order valence-corrected chi connectivity index (χ2v) is 4.15. The van der Waals surface area contributed by atoms with Crippen LogP contribution in [-0.4, -0.2) is 24.0 Å². The number of nitrogens with zero attached hydrogens (tertiary/aromatic N) is 1. The van der Waals surface area contributed by atoms with Gasteiger partial charge < -0.3 is 10.6 Å². The molecule has 4 nitrogen and oxygen atoms in total. The lowest BCUT2D eigenvalue weighted by atomic mass is 10.3. The molecule has 0 aliphatic heterocycles. The van der Waals surface area contributed by atoms with Gasteiger partial charge in [0, 0.05) is 5.38 Å². The summed E-state index contributed by atoms with van der Waals surface area (Å²) >= 11 is 1.59. The van der Waals surface area contributed by atoms with Crippen LogP contribution in [-0.2, 0) is 11.3 Å². The van der Waals surface area contributed by atoms with Gasteiger partial charge in [-0.1, -0.05) is 0 Å². The zero-order valence-electron chi connectivity index (χ0n) is 8.63. The van der Waals surface area contributed by atoms with Crippen LogP contribution in [0.1, 0.15) is 17.6 Å². The Bertz CT molecular complexity index is 311. The highest BCUT2D eigenvalue weighted by Crippen LogP contribution is 2.07. The summed E-state index contributed by atoms with van der Waals surface area (Å²) in [6.07, 6.45) is 0. The van der Waals surface area contributed by atoms with Crippen molar-refractivity contribution >= 4 is 17.2 Å². The normalized spacial score (nSPS) is 12.5. The molecule has 1 amide bonds. The molecule has 0 aromatic carbocycles. The van der Waals surface area contributed by atoms with Gasteiger partial charge in [0.25, 0.3) is 0 Å². The van der Waals surface area contributed by atoms with E-state index in [0.717, 1.165) is 10.7 Å². The number of carbonyl (C=O) groups is 1. The van der Waals surface area contributed by atoms with Gasteiger partial charge in [0.1, 0.15) is 0 Å². The minimum Gasteiger partial charge on any atom is -0.349 e. The second-order valence-electron chi connectivity index (χ2n) is 3.09. The molecule has 0 spiro atoms. The SMILES string of the molecule is CNC(C)C(=O)NCc1csc(C)n1. The predicted molar refractivity (Wildman–Crippen MR) is 57.2 cm³/mol. The summed E-state index contributed by atoms with van der Waals surface area (Å²) in [6.45, 7) is 4.28. The van der Waals surface area contributed by atoms with Crippen molar-refractivity contribution in [2.24, 2.45) is 0 Å². The van der Waals surface area contributed by atoms with E-state index in [2.05, 4.69) is 15.6 Å². The third kappa shape index (κ3) is 3.08. The van der Waals surface area contributed by atoms with Gasteiger partial charge in [0.15, 0.2) is 0 Å². The number of aromatic nitrogens is 1. The van der Waals surface area contributed by atoms with Gasteiger partial charge in [-0.3, -0.25) is 4.79 Å². The first-order valence-corrected chi connectivity index (χ1v) is 5.37. The number of amides is 1. The number of likely N-dealkylation sites (N-methyl/N-ethyl adjacent to an activating group) is 1. The molecule has 5 heteroatoms. The Balaban J connectivity index is 2.37. The summed E-state index contributed by atoms with van der Waals surface area (Å²) in [5.41, 5.74) is 0.921. The summed E-state index contributed by atoms with van der Waals surface area (Å²) in [7, 11) is 1.76. The lowest BCUT2D eigenvalue weighted by Crippen LogP contribution is -2.40. The van der Waals surface area contributed by atoms with Gasteiger partial charge in [-0.15, -0.1) is 11.3 Å². The van der Waals surface area contributed by atoms with E-state index < -0.39 is 0 Å². The molecular weight excluding hydrogens is 198 g/mol. The fourth-order valence-corrected chi connectivity index (χ4v) is 1.56. The maximum Gasteiger partial charge on any atom is 0.237 e. The zero-order valence-corrected chi connectivity index (χ0v) is 9.44. The predicted octanol–water partition coefficient (Wildman–Crippen LogP) is 0.676. The molecule has 0 bridgehead atoms. The zero-order chi connectivity index (χ0) is 10.6. The summed E-state index contributed by atoms with van der Waals surface area (Å²) in [5.74, 6) is -0.00171. The lowest BCUT2D eigenvalue weighted by molar-refractivity contribution is -0.122. The number of nitrogens with one attached hydrogen (secondary N) is 2. The van der Waals surface area contributed by atoms with Crippen LogP contribution in [0.3, 0.4) is 0 Å². The first-order valence-electron chi connectivity index (χ1n) is 4.49. The minimum absolute atomic E-state index is 0.00171. The molecule has 0 radical (unpaired) electrons. The molecule has 1 atom stereocenters. The fraction of sp³-hybridized carbons (Fsp3) is 0.556. The molecule has 2 N–H and O–H groups in total. The standard InChI is InChI=1S/C9H15N3OS/c1-6(10-3)9(13)11-4-8-5-14-7(2)12-8/h5-6,10H,4H2,1-3H3,(H,11,13). The third-order valence-electron chi connectivity index (χ3n) is 1.94. The quantitative estimate of drug-likeness (QED) is 0.773. The smallest absolute Gasteiger partial charge is 0.237 e. The summed E-state index contributed by atoms with van der Waals surface area (Å²) in [4.78, 5) is 15.6. The van der Waals surface area contributed by atoms with E-state index in [1.807, 2.05) is 19.2 Å². The van der Waals surface area contributed by atoms with Crippen molar-refractivity contribution in [1.29, 1.82) is 0 Å². The molecule has 0 aliphatic rings. The highest BCUT2D eigenvalue weighted by atomic mass is 32.1. The van der Waals surface area contributed by atoms with Crippen LogP contribution < -0.4 is 10.6 Å². The Kier molecular flexibility index (Phi) is 4.03. The number of aryl methyl sites for hydroxylation is 1. The highest BCUT2D eigenvalue weighted by molar-refractivity contribution is 7.09. The van der Waals surface area contributed by atoms with Crippen LogP contribution in [0.25, 0.3) is 0 Å². The molecule has 0 saturated heterocycles. The average Bonchev–Trinajstić information content (AvgIpc) is 2.59. The Morgan fingerprint density at radius 2 is 2.43 bits per heavy atom. The van der Waals surface area contributed by atoms with Gasteiger partial charge in [-0.05, 0) is 20.9 Å². The molecule has 1 unspecified atom stereocenters. The van der Waals surface area contributed by atoms with Crippen molar-refractivity contribution < 1.29 is 4.79 Å². The van der Waals surface area contributed by atoms with Crippen LogP contribution >= 0.6 is 11.3 Å². The van der Waals surface area contributed by atoms with E-state index >= 15 is 0 Å². The van der Waals surface area contributed by atoms with Gasteiger partial charge in [-0.25, -0.2) is 4.98 Å². The molecule has 1 rings (SSSR count). The van der Waals surface area contributed by atoms with E-state index in [-0.39, 0.29) is 11.9 Å². The Morgan fingerprint density at radius 3 is 2.93 bits per heavy atom. The Morgan fingerprint density at radius 1 is 1.71 bits per heavy atom. The van der Waals surface area contributed by atoms with Crippen molar-refractivity contribution in [2.45, 2.75) is 26.4 Å². The molecule has 1 aromatic rings. The average molecular weight is 213 g/mol. The molecule has 0 aliphatic carbocycles. The topological polar surface area (TPSA) is 54.0 Å². The van der Waals surface area contributed by atoms with Crippen LogP contribution in [0.5, 0.6) is 0 Å². The van der Waals surface area contributed by atoms with Crippen molar-refractivity contribution in [2.75, 3.05) is 7.05 Å². The van der Waals surface area contributed by atoms with E-state index in [1.54, 1.807) is 18.4 Å². The van der Waals surface area contributed by atoms with Crippen molar-refractivity contribution in [3.05, 3.63) is 16.1 Å². The van der Waals surface area contributed by atoms with Crippen LogP contribution in [0.2, 0.25) is 0 Å². The molecule has 14 heavy (non-hydrogen) atoms. The van der Waals surface area contributed by atoms with E-state index in [4.69, 9.17) is 0 Å². The first kappa shape index (κ1) is 11.1. The third-order valence-corrected chi connectivity index (χ3v) is 2.76. The second kappa shape index (κ2) is 5.07. The Labute approximate surface area is 87.7 Å². The van der Waals surface area contributed by atoms with E-state index in [0.29, 0.717) is 6.54 Å². The summed E-state index contributed by atoms with van der Waals surface area (Å²) in [6, 6.07) is -0.158. The van der Waals surface area contributed by atoms with Gasteiger partial charge in [0.05, 0.1) is 23.3 Å². The van der Waals surface area contributed by atoms with Crippen molar-refractivity contribution in [3.63, 3.8) is 0 Å². The van der Waals surface area contributed by atoms with Gasteiger partial charge in [-0.2, -0.15) is 0 Å². The number of hydrogen-bond donors (Lipinski definition) is 2. The monoisotopic (exact) mass is 213 g/mol. The molecular formula is C9H15N3OS. The minimum atomic E-state index is -0.158. The highest BCUT2D eigenvalue weighted by Gasteiger charge is 2.09. The number of hydrogen-bond acceptors (Lipinski definition) is 4. The van der Waals surface area contributed by atoms with Crippen molar-refractivity contribution in [1.82, 2.24) is 15.6 Å². The number of rotatable bonds is 4. The van der Waals surface area contributed by atoms with Gasteiger partial charge in [0.2, 0.25) is 5.91 Å². The molecule has 1 aromatic heterocycles. The summed E-state index contributed by atoms with van der Waals surface area (Å²) < 4.78 is 0. The number of carbonyl (C=O) groups excluding carboxylic acids is 1. The van der Waals surface area contributed by atoms with Crippen LogP contribution in [0, 0.1) is 6.92 Å². The van der Waals surface area contributed by atoms with Crippen LogP contribution in [0.4, 0.5) is 0 Å².